The van der Waals surface area contributed by atoms with Gasteiger partial charge in [0.1, 0.15) is 5.69 Å². The van der Waals surface area contributed by atoms with E-state index in [-0.39, 0.29) is 22.6 Å². The number of hydrogen-bond donors (Lipinski definition) is 1. The first-order valence-electron chi connectivity index (χ1n) is 7.34. The molecule has 21 heavy (non-hydrogen) atoms. The lowest BCUT2D eigenvalue weighted by Gasteiger charge is -2.22. The van der Waals surface area contributed by atoms with Gasteiger partial charge in [-0.05, 0) is 12.3 Å². The van der Waals surface area contributed by atoms with Crippen molar-refractivity contribution in [1.29, 1.82) is 0 Å². The summed E-state index contributed by atoms with van der Waals surface area (Å²) < 4.78 is 1.59. The lowest BCUT2D eigenvalue weighted by Crippen LogP contribution is -2.32. The Morgan fingerprint density at radius 2 is 1.95 bits per heavy atom. The normalized spacial score (nSPS) is 13.0. The van der Waals surface area contributed by atoms with Crippen LogP contribution in [-0.4, -0.2) is 34.3 Å². The average Bonchev–Trinajstić information content (AvgIpc) is 2.73. The molecule has 120 valence electrons. The first kappa shape index (κ1) is 17.4. The molecule has 1 aromatic heterocycles. The number of hydrogen-bond acceptors (Lipinski definition) is 5. The molecule has 0 radical (unpaired) electrons. The van der Waals surface area contributed by atoms with Crippen molar-refractivity contribution < 1.29 is 4.92 Å². The Hall–Kier alpha value is -1.63. The molecule has 0 amide bonds. The van der Waals surface area contributed by atoms with Crippen molar-refractivity contribution in [2.24, 2.45) is 18.7 Å². The Bertz CT molecular complexity index is 496. The lowest BCUT2D eigenvalue weighted by atomic mass is 10.0. The molecule has 1 rings (SSSR count). The van der Waals surface area contributed by atoms with Crippen molar-refractivity contribution in [2.45, 2.75) is 46.1 Å². The summed E-state index contributed by atoms with van der Waals surface area (Å²) in [6.07, 6.45) is 0.785. The van der Waals surface area contributed by atoms with Crippen LogP contribution >= 0.6 is 0 Å². The van der Waals surface area contributed by atoms with Gasteiger partial charge in [0, 0.05) is 32.6 Å². The molecule has 1 atom stereocenters. The van der Waals surface area contributed by atoms with Crippen LogP contribution in [0, 0.1) is 16.0 Å². The largest absolute Gasteiger partial charge is 0.354 e. The van der Waals surface area contributed by atoms with Gasteiger partial charge in [-0.2, -0.15) is 5.10 Å². The summed E-state index contributed by atoms with van der Waals surface area (Å²) >= 11 is 0. The quantitative estimate of drug-likeness (QED) is 0.616. The minimum Gasteiger partial charge on any atom is -0.354 e. The molecule has 0 saturated carbocycles. The number of nitro groups is 1. The fraction of sp³-hybridized carbons (Fsp3) is 0.786. The maximum absolute atomic E-state index is 11.4. The van der Waals surface area contributed by atoms with Crippen molar-refractivity contribution in [1.82, 2.24) is 9.78 Å². The Morgan fingerprint density at radius 1 is 1.38 bits per heavy atom. The molecule has 0 bridgehead atoms. The Kier molecular flexibility index (Phi) is 5.71. The van der Waals surface area contributed by atoms with E-state index in [0.29, 0.717) is 24.0 Å². The number of nitrogens with zero attached hydrogens (tertiary/aromatic N) is 4. The third-order valence-electron chi connectivity index (χ3n) is 3.76. The fourth-order valence-electron chi connectivity index (χ4n) is 2.30. The van der Waals surface area contributed by atoms with Crippen LogP contribution in [0.5, 0.6) is 0 Å². The van der Waals surface area contributed by atoms with Gasteiger partial charge in [0.05, 0.1) is 4.92 Å². The van der Waals surface area contributed by atoms with E-state index >= 15 is 0 Å². The summed E-state index contributed by atoms with van der Waals surface area (Å²) in [5.41, 5.74) is 6.68. The first-order chi connectivity index (χ1) is 9.66. The lowest BCUT2D eigenvalue weighted by molar-refractivity contribution is -0.385. The SMILES string of the molecule is CC(C)c1nn(C)c(N(C)CCC(N)C(C)C)c1[N+](=O)[O-]. The van der Waals surface area contributed by atoms with E-state index in [1.807, 2.05) is 25.8 Å². The van der Waals surface area contributed by atoms with Crippen LogP contribution in [0.4, 0.5) is 11.5 Å². The molecule has 0 saturated heterocycles. The molecule has 0 aromatic carbocycles. The summed E-state index contributed by atoms with van der Waals surface area (Å²) in [4.78, 5) is 12.9. The molecule has 0 aliphatic heterocycles. The summed E-state index contributed by atoms with van der Waals surface area (Å²) in [7, 11) is 3.59. The topological polar surface area (TPSA) is 90.2 Å². The van der Waals surface area contributed by atoms with Gasteiger partial charge in [-0.15, -0.1) is 0 Å². The maximum atomic E-state index is 11.4. The van der Waals surface area contributed by atoms with Crippen LogP contribution in [0.1, 0.15) is 45.7 Å². The molecule has 0 spiro atoms. The van der Waals surface area contributed by atoms with Gasteiger partial charge in [0.2, 0.25) is 5.82 Å². The highest BCUT2D eigenvalue weighted by Gasteiger charge is 2.30. The average molecular weight is 297 g/mol. The van der Waals surface area contributed by atoms with E-state index in [2.05, 4.69) is 18.9 Å². The molecular formula is C14H27N5O2. The van der Waals surface area contributed by atoms with E-state index in [1.165, 1.54) is 0 Å². The van der Waals surface area contributed by atoms with Crippen LogP contribution in [-0.2, 0) is 7.05 Å². The molecule has 7 heteroatoms. The van der Waals surface area contributed by atoms with Crippen LogP contribution in [0.3, 0.4) is 0 Å². The zero-order valence-corrected chi connectivity index (χ0v) is 13.8. The van der Waals surface area contributed by atoms with Gasteiger partial charge < -0.3 is 10.6 Å². The maximum Gasteiger partial charge on any atom is 0.334 e. The standard InChI is InChI=1S/C14H27N5O2/c1-9(2)11(15)7-8-17(5)14-13(19(20)21)12(10(3)4)16-18(14)6/h9-11H,7-8,15H2,1-6H3. The summed E-state index contributed by atoms with van der Waals surface area (Å²) in [5.74, 6) is 0.947. The third-order valence-corrected chi connectivity index (χ3v) is 3.76. The number of nitrogens with two attached hydrogens (primary N) is 1. The van der Waals surface area contributed by atoms with Crippen LogP contribution in [0.2, 0.25) is 0 Å². The summed E-state index contributed by atoms with van der Waals surface area (Å²) in [6, 6.07) is 0.0873. The van der Waals surface area contributed by atoms with E-state index < -0.39 is 0 Å². The Balaban J connectivity index is 3.03. The van der Waals surface area contributed by atoms with E-state index in [9.17, 15) is 10.1 Å². The smallest absolute Gasteiger partial charge is 0.334 e. The van der Waals surface area contributed by atoms with Crippen LogP contribution in [0.15, 0.2) is 0 Å². The molecule has 1 unspecified atom stereocenters. The van der Waals surface area contributed by atoms with Crippen LogP contribution < -0.4 is 10.6 Å². The molecular weight excluding hydrogens is 270 g/mol. The summed E-state index contributed by atoms with van der Waals surface area (Å²) in [6.45, 7) is 8.64. The molecule has 0 fully saturated rings. The van der Waals surface area contributed by atoms with E-state index in [1.54, 1.807) is 11.7 Å². The number of aryl methyl sites for hydroxylation is 1. The van der Waals surface area contributed by atoms with Crippen molar-refractivity contribution in [3.63, 3.8) is 0 Å². The highest BCUT2D eigenvalue weighted by atomic mass is 16.6. The molecule has 7 nitrogen and oxygen atoms in total. The highest BCUT2D eigenvalue weighted by Crippen LogP contribution is 2.34. The second-order valence-electron chi connectivity index (χ2n) is 6.21. The van der Waals surface area contributed by atoms with Gasteiger partial charge in [-0.1, -0.05) is 27.7 Å². The van der Waals surface area contributed by atoms with Gasteiger partial charge in [-0.3, -0.25) is 10.1 Å². The zero-order chi connectivity index (χ0) is 16.3. The molecule has 1 aromatic rings. The minimum absolute atomic E-state index is 0.0108. The highest BCUT2D eigenvalue weighted by molar-refractivity contribution is 5.61. The van der Waals surface area contributed by atoms with Gasteiger partial charge in [-0.25, -0.2) is 4.68 Å². The van der Waals surface area contributed by atoms with Gasteiger partial charge in [0.15, 0.2) is 0 Å². The second-order valence-corrected chi connectivity index (χ2v) is 6.21. The zero-order valence-electron chi connectivity index (χ0n) is 13.8. The fourth-order valence-corrected chi connectivity index (χ4v) is 2.30. The summed E-state index contributed by atoms with van der Waals surface area (Å²) in [5, 5.41) is 15.7. The number of anilines is 1. The Morgan fingerprint density at radius 3 is 2.38 bits per heavy atom. The Labute approximate surface area is 126 Å². The monoisotopic (exact) mass is 297 g/mol. The van der Waals surface area contributed by atoms with Crippen molar-refractivity contribution in [2.75, 3.05) is 18.5 Å². The predicted octanol–water partition coefficient (Wildman–Crippen LogP) is 2.26. The number of rotatable bonds is 7. The second kappa shape index (κ2) is 6.89. The molecule has 0 aliphatic rings. The van der Waals surface area contributed by atoms with E-state index in [4.69, 9.17) is 5.73 Å². The minimum atomic E-state index is -0.337. The van der Waals surface area contributed by atoms with Gasteiger partial charge >= 0.3 is 5.69 Å². The van der Waals surface area contributed by atoms with Crippen molar-refractivity contribution >= 4 is 11.5 Å². The predicted molar refractivity (Wildman–Crippen MR) is 84.7 cm³/mol. The third kappa shape index (κ3) is 3.93. The first-order valence-corrected chi connectivity index (χ1v) is 7.34. The van der Waals surface area contributed by atoms with E-state index in [0.717, 1.165) is 6.42 Å². The molecule has 0 aliphatic carbocycles. The number of aromatic nitrogens is 2. The van der Waals surface area contributed by atoms with Gasteiger partial charge in [0.25, 0.3) is 0 Å². The molecule has 1 heterocycles. The van der Waals surface area contributed by atoms with Crippen LogP contribution in [0.25, 0.3) is 0 Å². The molecule has 2 N–H and O–H groups in total. The van der Waals surface area contributed by atoms with Crippen molar-refractivity contribution in [3.05, 3.63) is 15.8 Å². The van der Waals surface area contributed by atoms with Crippen molar-refractivity contribution in [3.8, 4) is 0 Å².